The Balaban J connectivity index is 2.98. The lowest BCUT2D eigenvalue weighted by Gasteiger charge is -1.94. The lowest BCUT2D eigenvalue weighted by molar-refractivity contribution is 1.16. The zero-order valence-corrected chi connectivity index (χ0v) is 7.22. The molecule has 11 heavy (non-hydrogen) atoms. The van der Waals surface area contributed by atoms with Crippen LogP contribution in [0.15, 0.2) is 33.9 Å². The molecule has 0 spiro atoms. The minimum Gasteiger partial charge on any atom is -0.281 e. The maximum absolute atomic E-state index is 7.18. The fourth-order valence-corrected chi connectivity index (χ4v) is 0.937. The van der Waals surface area contributed by atoms with E-state index in [9.17, 15) is 0 Å². The summed E-state index contributed by atoms with van der Waals surface area (Å²) >= 11 is 3.27. The molecule has 1 aromatic rings. The highest BCUT2D eigenvalue weighted by Crippen LogP contribution is 2.10. The summed E-state index contributed by atoms with van der Waals surface area (Å²) in [4.78, 5) is 0. The molecule has 4 heteroatoms. The average molecular weight is 212 g/mol. The molecule has 2 N–H and O–H groups in total. The van der Waals surface area contributed by atoms with E-state index in [0.717, 1.165) is 4.47 Å². The number of hydrogen-bond acceptors (Lipinski definition) is 2. The first kappa shape index (κ1) is 8.07. The van der Waals surface area contributed by atoms with Crippen LogP contribution in [-0.2, 0) is 0 Å². The molecule has 0 saturated heterocycles. The van der Waals surface area contributed by atoms with Gasteiger partial charge in [-0.05, 0) is 12.1 Å². The van der Waals surface area contributed by atoms with Crippen molar-refractivity contribution in [2.24, 2.45) is 5.11 Å². The average Bonchev–Trinajstić information content (AvgIpc) is 2.05. The smallest absolute Gasteiger partial charge is 0.173 e. The van der Waals surface area contributed by atoms with Gasteiger partial charge in [0.25, 0.3) is 0 Å². The van der Waals surface area contributed by atoms with Crippen molar-refractivity contribution in [2.45, 2.75) is 0 Å². The molecule has 1 rings (SSSR count). The fraction of sp³-hybridized carbons (Fsp3) is 0. The van der Waals surface area contributed by atoms with E-state index in [1.54, 1.807) is 12.1 Å². The van der Waals surface area contributed by atoms with Gasteiger partial charge in [-0.1, -0.05) is 28.1 Å². The van der Waals surface area contributed by atoms with E-state index >= 15 is 0 Å². The van der Waals surface area contributed by atoms with Crippen LogP contribution < -0.4 is 0 Å². The summed E-state index contributed by atoms with van der Waals surface area (Å²) in [5.41, 5.74) is 7.24. The molecule has 0 aromatic heterocycles. The third-order valence-corrected chi connectivity index (χ3v) is 1.76. The molecule has 0 aliphatic carbocycles. The predicted molar refractivity (Wildman–Crippen MR) is 46.1 cm³/mol. The molecular formula is C7H6BrN3. The van der Waals surface area contributed by atoms with Crippen LogP contribution >= 0.6 is 15.9 Å². The molecule has 0 saturated carbocycles. The Kier molecular flexibility index (Phi) is 2.48. The van der Waals surface area contributed by atoms with Gasteiger partial charge in [0.15, 0.2) is 5.84 Å². The van der Waals surface area contributed by atoms with Crippen LogP contribution in [0.2, 0.25) is 0 Å². The Morgan fingerprint density at radius 2 is 1.82 bits per heavy atom. The fourth-order valence-electron chi connectivity index (χ4n) is 0.672. The van der Waals surface area contributed by atoms with Gasteiger partial charge in [-0.15, -0.1) is 5.11 Å². The Bertz CT molecular complexity index is 278. The SMILES string of the molecule is N=NC(=N)c1ccc(Br)cc1. The summed E-state index contributed by atoms with van der Waals surface area (Å²) in [6.45, 7) is 0. The van der Waals surface area contributed by atoms with Gasteiger partial charge >= 0.3 is 0 Å². The summed E-state index contributed by atoms with van der Waals surface area (Å²) in [5, 5.41) is 10.2. The van der Waals surface area contributed by atoms with Gasteiger partial charge in [-0.2, -0.15) is 0 Å². The first-order valence-corrected chi connectivity index (χ1v) is 3.75. The zero-order chi connectivity index (χ0) is 8.27. The molecule has 0 unspecified atom stereocenters. The van der Waals surface area contributed by atoms with Crippen LogP contribution in [0.3, 0.4) is 0 Å². The molecule has 56 valence electrons. The Hall–Kier alpha value is -1.03. The van der Waals surface area contributed by atoms with Crippen molar-refractivity contribution in [2.75, 3.05) is 0 Å². The van der Waals surface area contributed by atoms with Gasteiger partial charge < -0.3 is 0 Å². The number of benzene rings is 1. The Morgan fingerprint density at radius 1 is 1.27 bits per heavy atom. The van der Waals surface area contributed by atoms with Crippen molar-refractivity contribution >= 4 is 21.8 Å². The van der Waals surface area contributed by atoms with E-state index in [-0.39, 0.29) is 5.84 Å². The number of amidine groups is 1. The number of hydrogen-bond donors (Lipinski definition) is 2. The maximum atomic E-state index is 7.18. The van der Waals surface area contributed by atoms with Crippen LogP contribution in [0.5, 0.6) is 0 Å². The predicted octanol–water partition coefficient (Wildman–Crippen LogP) is 2.81. The van der Waals surface area contributed by atoms with E-state index in [0.29, 0.717) is 5.56 Å². The monoisotopic (exact) mass is 211 g/mol. The van der Waals surface area contributed by atoms with Crippen molar-refractivity contribution in [3.63, 3.8) is 0 Å². The third-order valence-electron chi connectivity index (χ3n) is 1.23. The second-order valence-corrected chi connectivity index (χ2v) is 2.88. The van der Waals surface area contributed by atoms with Crippen molar-refractivity contribution in [1.82, 2.24) is 0 Å². The zero-order valence-electron chi connectivity index (χ0n) is 5.63. The molecule has 1 aromatic carbocycles. The summed E-state index contributed by atoms with van der Waals surface area (Å²) in [6.07, 6.45) is 0. The Morgan fingerprint density at radius 3 is 2.27 bits per heavy atom. The van der Waals surface area contributed by atoms with Crippen molar-refractivity contribution in [3.05, 3.63) is 34.3 Å². The number of nitrogens with one attached hydrogen (secondary N) is 2. The lowest BCUT2D eigenvalue weighted by Crippen LogP contribution is -1.91. The van der Waals surface area contributed by atoms with E-state index in [1.165, 1.54) is 0 Å². The summed E-state index contributed by atoms with van der Waals surface area (Å²) in [7, 11) is 0. The van der Waals surface area contributed by atoms with Crippen LogP contribution in [0.1, 0.15) is 5.56 Å². The number of nitrogens with zero attached hydrogens (tertiary/aromatic N) is 1. The molecule has 3 nitrogen and oxygen atoms in total. The van der Waals surface area contributed by atoms with Gasteiger partial charge in [-0.3, -0.25) is 5.41 Å². The maximum Gasteiger partial charge on any atom is 0.173 e. The molecule has 0 atom stereocenters. The minimum atomic E-state index is -0.0162. The number of rotatable bonds is 1. The first-order chi connectivity index (χ1) is 5.24. The molecule has 0 aliphatic rings. The summed E-state index contributed by atoms with van der Waals surface area (Å²) < 4.78 is 0.957. The largest absolute Gasteiger partial charge is 0.281 e. The highest BCUT2D eigenvalue weighted by molar-refractivity contribution is 9.10. The molecule has 0 heterocycles. The van der Waals surface area contributed by atoms with Gasteiger partial charge in [0.05, 0.1) is 0 Å². The molecule has 0 aliphatic heterocycles. The third kappa shape index (κ3) is 1.94. The highest BCUT2D eigenvalue weighted by atomic mass is 79.9. The van der Waals surface area contributed by atoms with Crippen molar-refractivity contribution in [1.29, 1.82) is 10.9 Å². The van der Waals surface area contributed by atoms with Crippen LogP contribution in [0.25, 0.3) is 0 Å². The highest BCUT2D eigenvalue weighted by Gasteiger charge is 1.96. The second-order valence-electron chi connectivity index (χ2n) is 1.97. The van der Waals surface area contributed by atoms with Gasteiger partial charge in [0.2, 0.25) is 0 Å². The van der Waals surface area contributed by atoms with E-state index in [2.05, 4.69) is 21.0 Å². The normalized spacial score (nSPS) is 9.18. The van der Waals surface area contributed by atoms with Crippen LogP contribution in [0, 0.1) is 10.9 Å². The van der Waals surface area contributed by atoms with Gasteiger partial charge in [-0.25, -0.2) is 5.53 Å². The Labute approximate surface area is 72.6 Å². The van der Waals surface area contributed by atoms with Crippen molar-refractivity contribution in [3.8, 4) is 0 Å². The van der Waals surface area contributed by atoms with Gasteiger partial charge in [0, 0.05) is 10.0 Å². The van der Waals surface area contributed by atoms with E-state index in [1.807, 2.05) is 12.1 Å². The lowest BCUT2D eigenvalue weighted by atomic mass is 10.2. The number of halogens is 1. The first-order valence-electron chi connectivity index (χ1n) is 2.96. The quantitative estimate of drug-likeness (QED) is 0.408. The van der Waals surface area contributed by atoms with E-state index < -0.39 is 0 Å². The molecular weight excluding hydrogens is 206 g/mol. The standard InChI is InChI=1S/C7H6BrN3/c8-6-3-1-5(2-4-6)7(9)11-10/h1-4,9-10H. The molecule has 0 fully saturated rings. The minimum absolute atomic E-state index is 0.0162. The molecule has 0 bridgehead atoms. The topological polar surface area (TPSA) is 60.1 Å². The van der Waals surface area contributed by atoms with Crippen LogP contribution in [-0.4, -0.2) is 5.84 Å². The summed E-state index contributed by atoms with van der Waals surface area (Å²) in [5.74, 6) is -0.0162. The van der Waals surface area contributed by atoms with Gasteiger partial charge in [0.1, 0.15) is 0 Å². The van der Waals surface area contributed by atoms with Crippen LogP contribution in [0.4, 0.5) is 0 Å². The molecule has 0 radical (unpaired) electrons. The van der Waals surface area contributed by atoms with E-state index in [4.69, 9.17) is 10.9 Å². The van der Waals surface area contributed by atoms with Crippen molar-refractivity contribution < 1.29 is 0 Å². The summed E-state index contributed by atoms with van der Waals surface area (Å²) in [6, 6.07) is 7.11. The second kappa shape index (κ2) is 3.39. The molecule has 0 amide bonds.